The predicted molar refractivity (Wildman–Crippen MR) is 104 cm³/mol. The van der Waals surface area contributed by atoms with Crippen LogP contribution in [0.2, 0.25) is 0 Å². The fraction of sp³-hybridized carbons (Fsp3) is 0.500. The van der Waals surface area contributed by atoms with Gasteiger partial charge in [-0.1, -0.05) is 0 Å². The van der Waals surface area contributed by atoms with E-state index < -0.39 is 11.4 Å². The number of nitrogens with zero attached hydrogens (tertiary/aromatic N) is 2. The first kappa shape index (κ1) is 17.9. The second-order valence-electron chi connectivity index (χ2n) is 7.59. The second kappa shape index (κ2) is 6.56. The van der Waals surface area contributed by atoms with Crippen LogP contribution >= 0.6 is 0 Å². The molecule has 1 aliphatic heterocycles. The number of carboxylic acid groups (broad SMARTS) is 1. The van der Waals surface area contributed by atoms with Crippen LogP contribution in [-0.2, 0) is 0 Å². The first-order chi connectivity index (χ1) is 12.9. The summed E-state index contributed by atoms with van der Waals surface area (Å²) >= 11 is 0. The first-order valence-electron chi connectivity index (χ1n) is 9.45. The van der Waals surface area contributed by atoms with Gasteiger partial charge in [0, 0.05) is 30.9 Å². The molecule has 0 spiro atoms. The summed E-state index contributed by atoms with van der Waals surface area (Å²) in [5.41, 5.74) is 7.13. The average molecular weight is 371 g/mol. The number of hydrogen-bond acceptors (Lipinski definition) is 5. The maximum absolute atomic E-state index is 12.8. The van der Waals surface area contributed by atoms with Gasteiger partial charge in [-0.2, -0.15) is 0 Å². The number of carboxylic acids is 1. The van der Waals surface area contributed by atoms with Gasteiger partial charge in [0.1, 0.15) is 5.56 Å². The van der Waals surface area contributed by atoms with Crippen LogP contribution in [0.1, 0.15) is 49.0 Å². The minimum Gasteiger partial charge on any atom is -0.492 e. The first-order valence-corrected chi connectivity index (χ1v) is 9.45. The lowest BCUT2D eigenvalue weighted by molar-refractivity contribution is 0.0695. The molecule has 2 atom stereocenters. The number of aromatic carboxylic acids is 1. The van der Waals surface area contributed by atoms with E-state index in [-0.39, 0.29) is 23.7 Å². The zero-order valence-corrected chi connectivity index (χ0v) is 15.6. The molecule has 7 heteroatoms. The van der Waals surface area contributed by atoms with E-state index >= 15 is 0 Å². The van der Waals surface area contributed by atoms with Gasteiger partial charge in [-0.25, -0.2) is 4.79 Å². The standard InChI is InChI=1S/C20H25N3O4/c1-11(21)15-4-3-9-22(15)16-8-7-13-17(19(16)27-2)23(12-5-6-12)10-14(18(13)24)20(25)26/h7-8,10-12,15H,3-6,9,21H2,1-2H3,(H,25,26). The number of nitrogens with two attached hydrogens (primary N) is 1. The maximum Gasteiger partial charge on any atom is 0.341 e. The molecule has 1 saturated carbocycles. The number of methoxy groups -OCH3 is 1. The van der Waals surface area contributed by atoms with Gasteiger partial charge in [-0.15, -0.1) is 0 Å². The van der Waals surface area contributed by atoms with Crippen LogP contribution in [0.15, 0.2) is 23.1 Å². The molecule has 1 aliphatic carbocycles. The predicted octanol–water partition coefficient (Wildman–Crippen LogP) is 2.36. The molecule has 2 fully saturated rings. The number of pyridine rings is 1. The van der Waals surface area contributed by atoms with E-state index in [0.717, 1.165) is 37.9 Å². The highest BCUT2D eigenvalue weighted by molar-refractivity contribution is 5.97. The summed E-state index contributed by atoms with van der Waals surface area (Å²) in [5.74, 6) is -0.572. The monoisotopic (exact) mass is 371 g/mol. The Hall–Kier alpha value is -2.54. The SMILES string of the molecule is COc1c(N2CCCC2C(C)N)ccc2c(=O)c(C(=O)O)cn(C3CC3)c12. The van der Waals surface area contributed by atoms with Crippen molar-refractivity contribution in [2.45, 2.75) is 50.7 Å². The van der Waals surface area contributed by atoms with Gasteiger partial charge in [0.25, 0.3) is 0 Å². The molecule has 1 aromatic carbocycles. The lowest BCUT2D eigenvalue weighted by Gasteiger charge is -2.31. The summed E-state index contributed by atoms with van der Waals surface area (Å²) in [5, 5.41) is 9.82. The summed E-state index contributed by atoms with van der Waals surface area (Å²) in [7, 11) is 1.60. The maximum atomic E-state index is 12.8. The third-order valence-corrected chi connectivity index (χ3v) is 5.72. The van der Waals surface area contributed by atoms with Gasteiger partial charge in [-0.3, -0.25) is 4.79 Å². The number of benzene rings is 1. The van der Waals surface area contributed by atoms with Crippen LogP contribution in [0.5, 0.6) is 5.75 Å². The highest BCUT2D eigenvalue weighted by Crippen LogP contribution is 2.43. The molecule has 27 heavy (non-hydrogen) atoms. The van der Waals surface area contributed by atoms with Crippen molar-refractivity contribution in [3.8, 4) is 5.75 Å². The topological polar surface area (TPSA) is 97.8 Å². The van der Waals surface area contributed by atoms with Crippen molar-refractivity contribution in [3.63, 3.8) is 0 Å². The fourth-order valence-corrected chi connectivity index (χ4v) is 4.27. The van der Waals surface area contributed by atoms with Crippen molar-refractivity contribution >= 4 is 22.6 Å². The van der Waals surface area contributed by atoms with Gasteiger partial charge >= 0.3 is 5.97 Å². The molecule has 1 saturated heterocycles. The van der Waals surface area contributed by atoms with Crippen LogP contribution in [0.4, 0.5) is 5.69 Å². The zero-order valence-electron chi connectivity index (χ0n) is 15.6. The van der Waals surface area contributed by atoms with E-state index in [9.17, 15) is 14.7 Å². The summed E-state index contributed by atoms with van der Waals surface area (Å²) in [6.45, 7) is 2.89. The fourth-order valence-electron chi connectivity index (χ4n) is 4.27. The molecular weight excluding hydrogens is 346 g/mol. The van der Waals surface area contributed by atoms with Crippen molar-refractivity contribution in [1.82, 2.24) is 4.57 Å². The molecule has 0 bridgehead atoms. The molecule has 0 amide bonds. The Kier molecular flexibility index (Phi) is 4.34. The van der Waals surface area contributed by atoms with E-state index in [1.807, 2.05) is 17.6 Å². The number of ether oxygens (including phenoxy) is 1. The number of carbonyl (C=O) groups is 1. The molecule has 0 radical (unpaired) electrons. The Morgan fingerprint density at radius 2 is 2.07 bits per heavy atom. The van der Waals surface area contributed by atoms with Gasteiger partial charge in [0.05, 0.1) is 23.7 Å². The molecule has 2 heterocycles. The second-order valence-corrected chi connectivity index (χ2v) is 7.59. The lowest BCUT2D eigenvalue weighted by Crippen LogP contribution is -2.42. The van der Waals surface area contributed by atoms with Crippen LogP contribution in [0, 0.1) is 0 Å². The Labute approximate surface area is 157 Å². The van der Waals surface area contributed by atoms with Crippen molar-refractivity contribution < 1.29 is 14.6 Å². The van der Waals surface area contributed by atoms with Gasteiger partial charge < -0.3 is 25.0 Å². The number of fused-ring (bicyclic) bond motifs is 1. The molecular formula is C20H25N3O4. The van der Waals surface area contributed by atoms with Gasteiger partial charge in [0.15, 0.2) is 5.75 Å². The molecule has 3 N–H and O–H groups in total. The number of hydrogen-bond donors (Lipinski definition) is 2. The van der Waals surface area contributed by atoms with E-state index in [0.29, 0.717) is 16.7 Å². The Morgan fingerprint density at radius 1 is 1.33 bits per heavy atom. The van der Waals surface area contributed by atoms with E-state index in [4.69, 9.17) is 10.5 Å². The molecule has 4 rings (SSSR count). The van der Waals surface area contributed by atoms with Crippen molar-refractivity contribution in [1.29, 1.82) is 0 Å². The zero-order chi connectivity index (χ0) is 19.3. The largest absolute Gasteiger partial charge is 0.492 e. The highest BCUT2D eigenvalue weighted by Gasteiger charge is 2.33. The van der Waals surface area contributed by atoms with E-state index in [1.54, 1.807) is 13.2 Å². The minimum absolute atomic E-state index is 0.0212. The smallest absolute Gasteiger partial charge is 0.341 e. The summed E-state index contributed by atoms with van der Waals surface area (Å²) in [6.07, 6.45) is 5.49. The van der Waals surface area contributed by atoms with E-state index in [1.165, 1.54) is 6.20 Å². The van der Waals surface area contributed by atoms with Crippen molar-refractivity contribution in [2.24, 2.45) is 5.73 Å². The third kappa shape index (κ3) is 2.86. The molecule has 2 unspecified atom stereocenters. The average Bonchev–Trinajstić information content (AvgIpc) is 3.36. The molecule has 144 valence electrons. The Balaban J connectivity index is 1.99. The van der Waals surface area contributed by atoms with Crippen LogP contribution < -0.4 is 20.8 Å². The van der Waals surface area contributed by atoms with Crippen LogP contribution in [0.3, 0.4) is 0 Å². The number of rotatable bonds is 5. The number of aromatic nitrogens is 1. The van der Waals surface area contributed by atoms with Crippen LogP contribution in [0.25, 0.3) is 10.9 Å². The van der Waals surface area contributed by atoms with E-state index in [2.05, 4.69) is 4.90 Å². The Morgan fingerprint density at radius 3 is 2.67 bits per heavy atom. The normalized spacial score (nSPS) is 20.9. The number of anilines is 1. The van der Waals surface area contributed by atoms with Gasteiger partial charge in [0.2, 0.25) is 5.43 Å². The summed E-state index contributed by atoms with van der Waals surface area (Å²) in [4.78, 5) is 26.6. The lowest BCUT2D eigenvalue weighted by atomic mass is 10.1. The highest BCUT2D eigenvalue weighted by atomic mass is 16.5. The molecule has 7 nitrogen and oxygen atoms in total. The summed E-state index contributed by atoms with van der Waals surface area (Å²) in [6, 6.07) is 4.05. The van der Waals surface area contributed by atoms with Crippen molar-refractivity contribution in [2.75, 3.05) is 18.6 Å². The minimum atomic E-state index is -1.20. The molecule has 1 aromatic heterocycles. The van der Waals surface area contributed by atoms with Gasteiger partial charge in [-0.05, 0) is 44.7 Å². The Bertz CT molecular complexity index is 962. The quantitative estimate of drug-likeness (QED) is 0.837. The third-order valence-electron chi connectivity index (χ3n) is 5.72. The van der Waals surface area contributed by atoms with Crippen LogP contribution in [-0.4, -0.2) is 41.4 Å². The molecule has 2 aliphatic rings. The summed E-state index contributed by atoms with van der Waals surface area (Å²) < 4.78 is 7.70. The van der Waals surface area contributed by atoms with Crippen molar-refractivity contribution in [3.05, 3.63) is 34.1 Å². The molecule has 2 aromatic rings.